The van der Waals surface area contributed by atoms with Gasteiger partial charge in [0.05, 0.1) is 22.8 Å². The number of halogens is 8. The number of alkyl halides is 7. The van der Waals surface area contributed by atoms with Gasteiger partial charge in [0.1, 0.15) is 10.6 Å². The molecule has 240 valence electrons. The van der Waals surface area contributed by atoms with Crippen LogP contribution in [0.1, 0.15) is 49.7 Å². The number of esters is 1. The SMILES string of the molecule is COC(=O)[C@]12CC[C@@](C(=O)N3CC[C@](c4ccc(C(F)(C(F)(F)F)C(F)(F)F)cc4)(S(=O)(=O)c4ccc(F)cc4)C3)(CC1)C2. The van der Waals surface area contributed by atoms with Crippen LogP contribution in [0.15, 0.2) is 53.4 Å². The fraction of sp³-hybridized carbons (Fsp3) is 0.517. The van der Waals surface area contributed by atoms with Crippen molar-refractivity contribution in [1.82, 2.24) is 4.90 Å². The first-order valence-corrected chi connectivity index (χ1v) is 15.1. The standard InChI is InChI=1S/C29H27F8NO5S/c1-43-23(40)25-12-10-24(16-25,11-13-25)22(39)38-15-14-26(17-38,44(41,42)21-8-6-20(30)7-9-21)18-2-4-19(5-3-18)27(31,28(32,33)34)29(35,36)37/h2-9H,10-17H2,1H3/t24-,25-,26-/m0/s1. The zero-order chi connectivity index (χ0) is 32.6. The van der Waals surface area contributed by atoms with Crippen LogP contribution in [-0.4, -0.2) is 57.7 Å². The summed E-state index contributed by atoms with van der Waals surface area (Å²) in [5.41, 5.74) is -9.60. The van der Waals surface area contributed by atoms with E-state index in [0.717, 1.165) is 24.3 Å². The monoisotopic (exact) mass is 653 g/mol. The maximum Gasteiger partial charge on any atom is 0.435 e. The highest BCUT2D eigenvalue weighted by Crippen LogP contribution is 2.63. The second-order valence-corrected chi connectivity index (χ2v) is 14.1. The first-order chi connectivity index (χ1) is 20.3. The summed E-state index contributed by atoms with van der Waals surface area (Å²) in [5, 5.41) is 0. The number of sulfone groups is 1. The first-order valence-electron chi connectivity index (χ1n) is 13.6. The third-order valence-corrected chi connectivity index (χ3v) is 12.2. The number of carbonyl (C=O) groups is 2. The zero-order valence-electron chi connectivity index (χ0n) is 23.2. The van der Waals surface area contributed by atoms with Crippen molar-refractivity contribution in [2.75, 3.05) is 20.2 Å². The van der Waals surface area contributed by atoms with E-state index < -0.39 is 78.1 Å². The molecule has 0 aromatic heterocycles. The summed E-state index contributed by atoms with van der Waals surface area (Å²) in [6.07, 6.45) is -11.4. The molecule has 1 heterocycles. The molecule has 1 amide bonds. The molecule has 2 aliphatic carbocycles. The van der Waals surface area contributed by atoms with Crippen molar-refractivity contribution in [2.45, 2.75) is 66.2 Å². The molecule has 6 nitrogen and oxygen atoms in total. The van der Waals surface area contributed by atoms with Crippen molar-refractivity contribution in [3.05, 3.63) is 65.5 Å². The number of benzene rings is 2. The van der Waals surface area contributed by atoms with E-state index in [1.807, 2.05) is 0 Å². The minimum absolute atomic E-state index is 0.147. The van der Waals surface area contributed by atoms with Crippen LogP contribution in [-0.2, 0) is 34.6 Å². The Kier molecular flexibility index (Phi) is 7.42. The molecule has 0 spiro atoms. The minimum atomic E-state index is -6.37. The van der Waals surface area contributed by atoms with Crippen molar-refractivity contribution < 1.29 is 57.9 Å². The number of amides is 1. The van der Waals surface area contributed by atoms with Crippen LogP contribution in [0.3, 0.4) is 0 Å². The second kappa shape index (κ2) is 10.1. The van der Waals surface area contributed by atoms with Gasteiger partial charge < -0.3 is 9.64 Å². The number of likely N-dealkylation sites (tertiary alicyclic amines) is 1. The van der Waals surface area contributed by atoms with Crippen molar-refractivity contribution in [1.29, 1.82) is 0 Å². The summed E-state index contributed by atoms with van der Waals surface area (Å²) in [4.78, 5) is 27.3. The zero-order valence-corrected chi connectivity index (χ0v) is 24.0. The lowest BCUT2D eigenvalue weighted by Gasteiger charge is -2.34. The smallest absolute Gasteiger partial charge is 0.435 e. The Morgan fingerprint density at radius 2 is 1.32 bits per heavy atom. The summed E-state index contributed by atoms with van der Waals surface area (Å²) in [5.74, 6) is -1.63. The molecular formula is C29H27F8NO5S. The number of carbonyl (C=O) groups excluding carboxylic acids is 2. The van der Waals surface area contributed by atoms with Crippen LogP contribution < -0.4 is 0 Å². The Hall–Kier alpha value is -3.23. The van der Waals surface area contributed by atoms with Gasteiger partial charge in [0.2, 0.25) is 5.91 Å². The lowest BCUT2D eigenvalue weighted by Crippen LogP contribution is -2.50. The van der Waals surface area contributed by atoms with Crippen LogP contribution in [0.5, 0.6) is 0 Å². The molecule has 15 heteroatoms. The number of fused-ring (bicyclic) bond motifs is 2. The maximum atomic E-state index is 14.7. The lowest BCUT2D eigenvalue weighted by molar-refractivity contribution is -0.348. The van der Waals surface area contributed by atoms with Gasteiger partial charge in [0.25, 0.3) is 0 Å². The Labute approximate surface area is 247 Å². The van der Waals surface area contributed by atoms with Crippen molar-refractivity contribution in [3.63, 3.8) is 0 Å². The van der Waals surface area contributed by atoms with E-state index in [4.69, 9.17) is 4.74 Å². The number of hydrogen-bond acceptors (Lipinski definition) is 5. The van der Waals surface area contributed by atoms with Gasteiger partial charge in [-0.25, -0.2) is 17.2 Å². The third-order valence-electron chi connectivity index (χ3n) is 9.66. The topological polar surface area (TPSA) is 80.8 Å². The number of nitrogens with zero attached hydrogens (tertiary/aromatic N) is 1. The Bertz CT molecular complexity index is 1550. The normalized spacial score (nSPS) is 27.5. The van der Waals surface area contributed by atoms with E-state index in [1.54, 1.807) is 0 Å². The van der Waals surface area contributed by atoms with E-state index in [0.29, 0.717) is 37.8 Å². The Morgan fingerprint density at radius 3 is 1.82 bits per heavy atom. The quantitative estimate of drug-likeness (QED) is 0.213. The largest absolute Gasteiger partial charge is 0.469 e. The molecule has 5 rings (SSSR count). The third kappa shape index (κ3) is 4.51. The highest BCUT2D eigenvalue weighted by molar-refractivity contribution is 7.92. The van der Waals surface area contributed by atoms with Crippen LogP contribution in [0.25, 0.3) is 0 Å². The maximum absolute atomic E-state index is 14.7. The molecule has 0 unspecified atom stereocenters. The average Bonchev–Trinajstić information content (AvgIpc) is 3.70. The summed E-state index contributed by atoms with van der Waals surface area (Å²) >= 11 is 0. The molecule has 2 saturated carbocycles. The van der Waals surface area contributed by atoms with Crippen molar-refractivity contribution in [3.8, 4) is 0 Å². The van der Waals surface area contributed by atoms with Gasteiger partial charge in [-0.05, 0) is 68.4 Å². The molecule has 3 fully saturated rings. The fourth-order valence-corrected chi connectivity index (χ4v) is 9.30. The van der Waals surface area contributed by atoms with E-state index in [-0.39, 0.29) is 37.1 Å². The highest BCUT2D eigenvalue weighted by atomic mass is 32.2. The van der Waals surface area contributed by atoms with Crippen LogP contribution in [0.4, 0.5) is 35.1 Å². The number of methoxy groups -OCH3 is 1. The molecule has 2 aromatic carbocycles. The van der Waals surface area contributed by atoms with E-state index in [1.165, 1.54) is 12.0 Å². The molecule has 0 radical (unpaired) electrons. The number of rotatable bonds is 6. The second-order valence-electron chi connectivity index (χ2n) is 11.9. The molecule has 1 atom stereocenters. The lowest BCUT2D eigenvalue weighted by atomic mass is 9.81. The van der Waals surface area contributed by atoms with Crippen LogP contribution >= 0.6 is 0 Å². The molecular weight excluding hydrogens is 626 g/mol. The van der Waals surface area contributed by atoms with Gasteiger partial charge in [0, 0.05) is 18.7 Å². The summed E-state index contributed by atoms with van der Waals surface area (Å²) < 4.78 is 140. The average molecular weight is 654 g/mol. The molecule has 2 aromatic rings. The van der Waals surface area contributed by atoms with Crippen LogP contribution in [0, 0.1) is 16.6 Å². The molecule has 0 N–H and O–H groups in total. The Morgan fingerprint density at radius 1 is 0.795 bits per heavy atom. The van der Waals surface area contributed by atoms with Gasteiger partial charge in [-0.1, -0.05) is 24.3 Å². The predicted molar refractivity (Wildman–Crippen MR) is 138 cm³/mol. The van der Waals surface area contributed by atoms with E-state index in [2.05, 4.69) is 0 Å². The van der Waals surface area contributed by atoms with Gasteiger partial charge in [0.15, 0.2) is 9.84 Å². The highest BCUT2D eigenvalue weighted by Gasteiger charge is 2.73. The van der Waals surface area contributed by atoms with Gasteiger partial charge in [-0.2, -0.15) is 26.3 Å². The predicted octanol–water partition coefficient (Wildman–Crippen LogP) is 6.14. The summed E-state index contributed by atoms with van der Waals surface area (Å²) in [6, 6.07) is 5.50. The Balaban J connectivity index is 1.56. The van der Waals surface area contributed by atoms with Gasteiger partial charge in [-0.3, -0.25) is 9.59 Å². The summed E-state index contributed by atoms with van der Waals surface area (Å²) in [6.45, 7) is -0.677. The number of ether oxygens (including phenoxy) is 1. The number of hydrogen-bond donors (Lipinski definition) is 0. The minimum Gasteiger partial charge on any atom is -0.469 e. The molecule has 1 saturated heterocycles. The van der Waals surface area contributed by atoms with Crippen molar-refractivity contribution >= 4 is 21.7 Å². The molecule has 3 aliphatic rings. The summed E-state index contributed by atoms with van der Waals surface area (Å²) in [7, 11) is -3.34. The molecule has 1 aliphatic heterocycles. The van der Waals surface area contributed by atoms with Crippen molar-refractivity contribution in [2.24, 2.45) is 10.8 Å². The van der Waals surface area contributed by atoms with E-state index >= 15 is 0 Å². The fourth-order valence-electron chi connectivity index (χ4n) is 7.22. The first kappa shape index (κ1) is 32.2. The molecule has 44 heavy (non-hydrogen) atoms. The van der Waals surface area contributed by atoms with Gasteiger partial charge in [-0.15, -0.1) is 0 Å². The van der Waals surface area contributed by atoms with Crippen LogP contribution in [0.2, 0.25) is 0 Å². The van der Waals surface area contributed by atoms with E-state index in [9.17, 15) is 53.1 Å². The van der Waals surface area contributed by atoms with Gasteiger partial charge >= 0.3 is 24.0 Å². The molecule has 2 bridgehead atoms.